The molecule has 0 aromatic carbocycles. The molecule has 5 N–H and O–H groups in total. The molecule has 0 heterocycles. The Balaban J connectivity index is 3.50. The minimum Gasteiger partial charge on any atom is -0.392 e. The van der Waals surface area contributed by atoms with Crippen molar-refractivity contribution < 1.29 is 5.11 Å². The van der Waals surface area contributed by atoms with Gasteiger partial charge < -0.3 is 16.6 Å². The zero-order chi connectivity index (χ0) is 8.69. The molecule has 0 bridgehead atoms. The van der Waals surface area contributed by atoms with Crippen LogP contribution in [0.1, 0.15) is 6.92 Å². The van der Waals surface area contributed by atoms with Gasteiger partial charge in [0.1, 0.15) is 0 Å². The first-order chi connectivity index (χ1) is 5.20. The van der Waals surface area contributed by atoms with Crippen LogP contribution in [0, 0.1) is 0 Å². The number of aliphatic hydroxyl groups excluding tert-OH is 1. The molecule has 0 aliphatic carbocycles. The van der Waals surface area contributed by atoms with E-state index >= 15 is 0 Å². The fourth-order valence-electron chi connectivity index (χ4n) is 1.03. The lowest BCUT2D eigenvalue weighted by Crippen LogP contribution is -2.38. The maximum Gasteiger partial charge on any atom is 0.0639 e. The number of rotatable bonds is 6. The summed E-state index contributed by atoms with van der Waals surface area (Å²) in [7, 11) is 0. The summed E-state index contributed by atoms with van der Waals surface area (Å²) in [5.74, 6) is 0. The first kappa shape index (κ1) is 10.8. The van der Waals surface area contributed by atoms with E-state index in [-0.39, 0.29) is 6.10 Å². The van der Waals surface area contributed by atoms with E-state index in [9.17, 15) is 0 Å². The minimum atomic E-state index is -0.298. The quantitative estimate of drug-likeness (QED) is 0.447. The molecule has 1 atom stereocenters. The summed E-state index contributed by atoms with van der Waals surface area (Å²) < 4.78 is 0. The molecule has 0 aliphatic rings. The van der Waals surface area contributed by atoms with Crippen LogP contribution in [0.15, 0.2) is 0 Å². The van der Waals surface area contributed by atoms with Gasteiger partial charge in [-0.05, 0) is 6.92 Å². The smallest absolute Gasteiger partial charge is 0.0639 e. The van der Waals surface area contributed by atoms with Gasteiger partial charge in [-0.1, -0.05) is 0 Å². The van der Waals surface area contributed by atoms with Gasteiger partial charge in [0.2, 0.25) is 0 Å². The van der Waals surface area contributed by atoms with Gasteiger partial charge in [0, 0.05) is 32.7 Å². The summed E-state index contributed by atoms with van der Waals surface area (Å²) >= 11 is 0. The molecule has 0 aromatic rings. The first-order valence-corrected chi connectivity index (χ1v) is 4.01. The number of hydrogen-bond acceptors (Lipinski definition) is 4. The molecule has 0 unspecified atom stereocenters. The monoisotopic (exact) mass is 161 g/mol. The largest absolute Gasteiger partial charge is 0.392 e. The molecule has 11 heavy (non-hydrogen) atoms. The number of nitrogens with two attached hydrogens (primary N) is 2. The van der Waals surface area contributed by atoms with Crippen LogP contribution in [0.2, 0.25) is 0 Å². The van der Waals surface area contributed by atoms with E-state index in [4.69, 9.17) is 16.6 Å². The zero-order valence-electron chi connectivity index (χ0n) is 7.16. The van der Waals surface area contributed by atoms with Gasteiger partial charge in [0.15, 0.2) is 0 Å². The maximum absolute atomic E-state index is 9.05. The Bertz CT molecular complexity index is 81.8. The molecule has 68 valence electrons. The maximum atomic E-state index is 9.05. The highest BCUT2D eigenvalue weighted by molar-refractivity contribution is 4.61. The summed E-state index contributed by atoms with van der Waals surface area (Å²) in [6.45, 7) is 5.28. The Kier molecular flexibility index (Phi) is 6.45. The van der Waals surface area contributed by atoms with E-state index in [0.717, 1.165) is 13.1 Å². The molecular formula is C7H19N3O. The van der Waals surface area contributed by atoms with Crippen molar-refractivity contribution in [3.8, 4) is 0 Å². The molecule has 0 radical (unpaired) electrons. The normalized spacial score (nSPS) is 13.9. The predicted octanol–water partition coefficient (Wildman–Crippen LogP) is -1.41. The molecule has 0 saturated carbocycles. The molecule has 0 aromatic heterocycles. The van der Waals surface area contributed by atoms with Crippen LogP contribution in [0.5, 0.6) is 0 Å². The highest BCUT2D eigenvalue weighted by Gasteiger charge is 2.04. The number of hydrogen-bond donors (Lipinski definition) is 3. The summed E-state index contributed by atoms with van der Waals surface area (Å²) in [6, 6.07) is 0. The third-order valence-corrected chi connectivity index (χ3v) is 1.41. The first-order valence-electron chi connectivity index (χ1n) is 4.01. The van der Waals surface area contributed by atoms with Crippen molar-refractivity contribution in [2.75, 3.05) is 32.7 Å². The van der Waals surface area contributed by atoms with Gasteiger partial charge in [-0.2, -0.15) is 0 Å². The summed E-state index contributed by atoms with van der Waals surface area (Å²) in [6.07, 6.45) is -0.298. The molecule has 0 rings (SSSR count). The van der Waals surface area contributed by atoms with E-state index < -0.39 is 0 Å². The minimum absolute atomic E-state index is 0.298. The van der Waals surface area contributed by atoms with Crippen LogP contribution >= 0.6 is 0 Å². The van der Waals surface area contributed by atoms with Crippen molar-refractivity contribution in [1.82, 2.24) is 4.90 Å². The van der Waals surface area contributed by atoms with E-state index in [2.05, 4.69) is 4.90 Å². The Morgan fingerprint density at radius 3 is 2.00 bits per heavy atom. The molecular weight excluding hydrogens is 142 g/mol. The fourth-order valence-corrected chi connectivity index (χ4v) is 1.03. The molecule has 0 amide bonds. The molecule has 0 spiro atoms. The third kappa shape index (κ3) is 6.25. The Labute approximate surface area is 68.2 Å². The van der Waals surface area contributed by atoms with Crippen molar-refractivity contribution in [3.05, 3.63) is 0 Å². The average molecular weight is 161 g/mol. The zero-order valence-corrected chi connectivity index (χ0v) is 7.16. The molecule has 4 heteroatoms. The summed E-state index contributed by atoms with van der Waals surface area (Å²) in [5, 5.41) is 9.05. The van der Waals surface area contributed by atoms with Crippen LogP contribution < -0.4 is 11.5 Å². The fraction of sp³-hybridized carbons (Fsp3) is 1.00. The molecule has 4 nitrogen and oxygen atoms in total. The van der Waals surface area contributed by atoms with Crippen molar-refractivity contribution in [2.45, 2.75) is 13.0 Å². The number of aliphatic hydroxyl groups is 1. The standard InChI is InChI=1S/C7H19N3O/c1-7(11)6-10(4-2-8)5-3-9/h7,11H,2-6,8-9H2,1H3/t7-/m0/s1. The van der Waals surface area contributed by atoms with Gasteiger partial charge in [-0.15, -0.1) is 0 Å². The van der Waals surface area contributed by atoms with Gasteiger partial charge >= 0.3 is 0 Å². The molecule has 0 aliphatic heterocycles. The van der Waals surface area contributed by atoms with Gasteiger partial charge in [-0.3, -0.25) is 4.90 Å². The van der Waals surface area contributed by atoms with Gasteiger partial charge in [0.05, 0.1) is 6.10 Å². The second kappa shape index (κ2) is 6.54. The van der Waals surface area contributed by atoms with Crippen LogP contribution in [0.4, 0.5) is 0 Å². The van der Waals surface area contributed by atoms with E-state index in [1.807, 2.05) is 0 Å². The van der Waals surface area contributed by atoms with Crippen molar-refractivity contribution in [2.24, 2.45) is 11.5 Å². The van der Waals surface area contributed by atoms with Crippen LogP contribution in [0.25, 0.3) is 0 Å². The predicted molar refractivity (Wildman–Crippen MR) is 46.2 cm³/mol. The third-order valence-electron chi connectivity index (χ3n) is 1.41. The van der Waals surface area contributed by atoms with E-state index in [1.165, 1.54) is 0 Å². The Morgan fingerprint density at radius 2 is 1.73 bits per heavy atom. The SMILES string of the molecule is C[C@H](O)CN(CCN)CCN. The highest BCUT2D eigenvalue weighted by atomic mass is 16.3. The van der Waals surface area contributed by atoms with Crippen LogP contribution in [-0.4, -0.2) is 48.8 Å². The molecule has 0 saturated heterocycles. The second-order valence-corrected chi connectivity index (χ2v) is 2.73. The van der Waals surface area contributed by atoms with Crippen molar-refractivity contribution >= 4 is 0 Å². The van der Waals surface area contributed by atoms with Crippen LogP contribution in [0.3, 0.4) is 0 Å². The van der Waals surface area contributed by atoms with Crippen molar-refractivity contribution in [3.63, 3.8) is 0 Å². The molecule has 0 fully saturated rings. The summed E-state index contributed by atoms with van der Waals surface area (Å²) in [4.78, 5) is 2.06. The second-order valence-electron chi connectivity index (χ2n) is 2.73. The topological polar surface area (TPSA) is 75.5 Å². The highest BCUT2D eigenvalue weighted by Crippen LogP contribution is 1.89. The van der Waals surface area contributed by atoms with Crippen molar-refractivity contribution in [1.29, 1.82) is 0 Å². The van der Waals surface area contributed by atoms with Gasteiger partial charge in [-0.25, -0.2) is 0 Å². The average Bonchev–Trinajstić information content (AvgIpc) is 1.87. The van der Waals surface area contributed by atoms with E-state index in [0.29, 0.717) is 19.6 Å². The van der Waals surface area contributed by atoms with Crippen LogP contribution in [-0.2, 0) is 0 Å². The lowest BCUT2D eigenvalue weighted by Gasteiger charge is -2.21. The lowest BCUT2D eigenvalue weighted by atomic mass is 10.3. The Morgan fingerprint density at radius 1 is 1.27 bits per heavy atom. The van der Waals surface area contributed by atoms with Gasteiger partial charge in [0.25, 0.3) is 0 Å². The number of nitrogens with zero attached hydrogens (tertiary/aromatic N) is 1. The lowest BCUT2D eigenvalue weighted by molar-refractivity contribution is 0.130. The Hall–Kier alpha value is -0.160. The van der Waals surface area contributed by atoms with E-state index in [1.54, 1.807) is 6.92 Å². The summed E-state index contributed by atoms with van der Waals surface area (Å²) in [5.41, 5.74) is 10.7.